The maximum absolute atomic E-state index is 12.2. The zero-order valence-corrected chi connectivity index (χ0v) is 13.6. The zero-order chi connectivity index (χ0) is 16.0. The summed E-state index contributed by atoms with van der Waals surface area (Å²) in [6.45, 7) is 6.55. The summed E-state index contributed by atoms with van der Waals surface area (Å²) < 4.78 is 9.98. The van der Waals surface area contributed by atoms with Crippen LogP contribution in [0.15, 0.2) is 0 Å². The number of thiophene rings is 1. The third-order valence-corrected chi connectivity index (χ3v) is 3.94. The Morgan fingerprint density at radius 2 is 2.05 bits per heavy atom. The van der Waals surface area contributed by atoms with Crippen LogP contribution in [0.2, 0.25) is 0 Å². The first kappa shape index (κ1) is 17.5. The quantitative estimate of drug-likeness (QED) is 0.435. The molecular formula is C14H22N2O4S. The molecule has 1 aromatic rings. The Balaban J connectivity index is 3.16. The number of rotatable bonds is 8. The third kappa shape index (κ3) is 4.18. The van der Waals surface area contributed by atoms with E-state index in [1.54, 1.807) is 27.9 Å². The Morgan fingerprint density at radius 1 is 1.38 bits per heavy atom. The number of anilines is 2. The average Bonchev–Trinajstić information content (AvgIpc) is 2.75. The van der Waals surface area contributed by atoms with E-state index in [0.29, 0.717) is 23.0 Å². The van der Waals surface area contributed by atoms with E-state index in [1.807, 2.05) is 0 Å². The number of nitrogens with one attached hydrogen (secondary N) is 1. The van der Waals surface area contributed by atoms with Gasteiger partial charge in [0.15, 0.2) is 5.78 Å². The molecular weight excluding hydrogens is 292 g/mol. The fourth-order valence-corrected chi connectivity index (χ4v) is 2.91. The Morgan fingerprint density at radius 3 is 2.57 bits per heavy atom. The smallest absolute Gasteiger partial charge is 0.343 e. The molecule has 0 radical (unpaired) electrons. The lowest BCUT2D eigenvalue weighted by Crippen LogP contribution is -2.13. The number of ketones is 1. The molecule has 0 bridgehead atoms. The Labute approximate surface area is 128 Å². The highest BCUT2D eigenvalue weighted by atomic mass is 32.1. The molecule has 0 amide bonds. The lowest BCUT2D eigenvalue weighted by atomic mass is 10.1. The summed E-state index contributed by atoms with van der Waals surface area (Å²) in [5, 5.41) is 3.62. The lowest BCUT2D eigenvalue weighted by molar-refractivity contribution is 0.0529. The molecule has 0 aromatic carbocycles. The lowest BCUT2D eigenvalue weighted by Gasteiger charge is -2.07. The van der Waals surface area contributed by atoms with Gasteiger partial charge >= 0.3 is 5.97 Å². The predicted molar refractivity (Wildman–Crippen MR) is 84.2 cm³/mol. The molecule has 0 atom stereocenters. The van der Waals surface area contributed by atoms with Crippen LogP contribution >= 0.6 is 11.3 Å². The van der Waals surface area contributed by atoms with Gasteiger partial charge in [0.1, 0.15) is 10.6 Å². The standard InChI is InChI=1S/C14H22N2O4S/c1-5-20-14(18)9-10(15)12(11(17)8(2)3)21-13(9)16-6-7-19-4/h8,16H,5-7,15H2,1-4H3. The van der Waals surface area contributed by atoms with Gasteiger partial charge < -0.3 is 20.5 Å². The van der Waals surface area contributed by atoms with Gasteiger partial charge in [-0.15, -0.1) is 11.3 Å². The van der Waals surface area contributed by atoms with Crippen molar-refractivity contribution in [1.82, 2.24) is 0 Å². The number of nitrogens with two attached hydrogens (primary N) is 1. The minimum Gasteiger partial charge on any atom is -0.462 e. The van der Waals surface area contributed by atoms with Gasteiger partial charge in [0.25, 0.3) is 0 Å². The number of methoxy groups -OCH3 is 1. The Kier molecular flexibility index (Phi) is 6.64. The molecule has 0 saturated carbocycles. The highest BCUT2D eigenvalue weighted by Gasteiger charge is 2.27. The number of hydrogen-bond donors (Lipinski definition) is 2. The molecule has 0 aliphatic carbocycles. The highest BCUT2D eigenvalue weighted by Crippen LogP contribution is 2.37. The molecule has 0 aliphatic rings. The SMILES string of the molecule is CCOC(=O)c1c(NCCOC)sc(C(=O)C(C)C)c1N. The van der Waals surface area contributed by atoms with Gasteiger partial charge in [-0.1, -0.05) is 13.8 Å². The van der Waals surface area contributed by atoms with Crippen LogP contribution in [0.25, 0.3) is 0 Å². The highest BCUT2D eigenvalue weighted by molar-refractivity contribution is 7.19. The summed E-state index contributed by atoms with van der Waals surface area (Å²) in [7, 11) is 1.59. The summed E-state index contributed by atoms with van der Waals surface area (Å²) in [6.07, 6.45) is 0. The van der Waals surface area contributed by atoms with Crippen molar-refractivity contribution in [3.63, 3.8) is 0 Å². The fourth-order valence-electron chi connectivity index (χ4n) is 1.69. The van der Waals surface area contributed by atoms with Crippen molar-refractivity contribution in [2.75, 3.05) is 37.9 Å². The number of carbonyl (C=O) groups is 2. The summed E-state index contributed by atoms with van der Waals surface area (Å²) in [5.41, 5.74) is 6.43. The molecule has 1 aromatic heterocycles. The fraction of sp³-hybridized carbons (Fsp3) is 0.571. The van der Waals surface area contributed by atoms with E-state index in [-0.39, 0.29) is 29.6 Å². The summed E-state index contributed by atoms with van der Waals surface area (Å²) in [4.78, 5) is 24.6. The largest absolute Gasteiger partial charge is 0.462 e. The van der Waals surface area contributed by atoms with Crippen molar-refractivity contribution in [2.24, 2.45) is 5.92 Å². The maximum Gasteiger partial charge on any atom is 0.343 e. The van der Waals surface area contributed by atoms with Gasteiger partial charge in [0.05, 0.1) is 23.8 Å². The minimum atomic E-state index is -0.519. The van der Waals surface area contributed by atoms with E-state index < -0.39 is 5.97 Å². The Hall–Kier alpha value is -1.60. The van der Waals surface area contributed by atoms with Gasteiger partial charge in [0, 0.05) is 19.6 Å². The van der Waals surface area contributed by atoms with E-state index in [2.05, 4.69) is 5.32 Å². The number of hydrogen-bond acceptors (Lipinski definition) is 7. The second kappa shape index (κ2) is 7.99. The van der Waals surface area contributed by atoms with Crippen molar-refractivity contribution >= 4 is 33.8 Å². The topological polar surface area (TPSA) is 90.6 Å². The first-order chi connectivity index (χ1) is 9.93. The average molecular weight is 314 g/mol. The monoisotopic (exact) mass is 314 g/mol. The first-order valence-electron chi connectivity index (χ1n) is 6.80. The number of nitrogen functional groups attached to an aromatic ring is 1. The normalized spacial score (nSPS) is 10.7. The summed E-state index contributed by atoms with van der Waals surface area (Å²) in [5.74, 6) is -0.787. The van der Waals surface area contributed by atoms with Crippen LogP contribution in [0.1, 0.15) is 40.8 Å². The predicted octanol–water partition coefficient (Wildman–Crippen LogP) is 2.40. The summed E-state index contributed by atoms with van der Waals surface area (Å²) >= 11 is 1.19. The molecule has 0 unspecified atom stereocenters. The molecule has 1 rings (SSSR count). The van der Waals surface area contributed by atoms with Crippen LogP contribution in [-0.4, -0.2) is 38.6 Å². The summed E-state index contributed by atoms with van der Waals surface area (Å²) in [6, 6.07) is 0. The molecule has 21 heavy (non-hydrogen) atoms. The van der Waals surface area contributed by atoms with Crippen molar-refractivity contribution in [3.05, 3.63) is 10.4 Å². The van der Waals surface area contributed by atoms with Gasteiger partial charge in [-0.05, 0) is 6.92 Å². The first-order valence-corrected chi connectivity index (χ1v) is 7.62. The van der Waals surface area contributed by atoms with Crippen molar-refractivity contribution < 1.29 is 19.1 Å². The van der Waals surface area contributed by atoms with E-state index in [9.17, 15) is 9.59 Å². The van der Waals surface area contributed by atoms with Gasteiger partial charge in [0.2, 0.25) is 0 Å². The molecule has 7 heteroatoms. The Bertz CT molecular complexity index is 511. The van der Waals surface area contributed by atoms with Crippen LogP contribution in [0.4, 0.5) is 10.7 Å². The number of Topliss-reactive ketones (excluding diaryl/α,β-unsaturated/α-hetero) is 1. The van der Waals surface area contributed by atoms with Crippen LogP contribution in [0.3, 0.4) is 0 Å². The van der Waals surface area contributed by atoms with Gasteiger partial charge in [-0.25, -0.2) is 4.79 Å². The number of carbonyl (C=O) groups excluding carboxylic acids is 2. The van der Waals surface area contributed by atoms with Gasteiger partial charge in [-0.2, -0.15) is 0 Å². The van der Waals surface area contributed by atoms with Gasteiger partial charge in [-0.3, -0.25) is 4.79 Å². The van der Waals surface area contributed by atoms with Crippen LogP contribution in [0.5, 0.6) is 0 Å². The van der Waals surface area contributed by atoms with Crippen LogP contribution in [0, 0.1) is 5.92 Å². The minimum absolute atomic E-state index is 0.0807. The number of ether oxygens (including phenoxy) is 2. The molecule has 0 fully saturated rings. The van der Waals surface area contributed by atoms with Crippen molar-refractivity contribution in [3.8, 4) is 0 Å². The molecule has 118 valence electrons. The second-order valence-corrected chi connectivity index (χ2v) is 5.73. The maximum atomic E-state index is 12.2. The molecule has 0 spiro atoms. The van der Waals surface area contributed by atoms with Crippen molar-refractivity contribution in [2.45, 2.75) is 20.8 Å². The molecule has 6 nitrogen and oxygen atoms in total. The van der Waals surface area contributed by atoms with Crippen LogP contribution in [-0.2, 0) is 9.47 Å². The molecule has 0 aliphatic heterocycles. The van der Waals surface area contributed by atoms with E-state index in [1.165, 1.54) is 11.3 Å². The second-order valence-electron chi connectivity index (χ2n) is 4.71. The van der Waals surface area contributed by atoms with E-state index in [0.717, 1.165) is 0 Å². The van der Waals surface area contributed by atoms with E-state index >= 15 is 0 Å². The number of esters is 1. The molecule has 1 heterocycles. The van der Waals surface area contributed by atoms with E-state index in [4.69, 9.17) is 15.2 Å². The van der Waals surface area contributed by atoms with Crippen LogP contribution < -0.4 is 11.1 Å². The third-order valence-electron chi connectivity index (χ3n) is 2.76. The van der Waals surface area contributed by atoms with Crippen molar-refractivity contribution in [1.29, 1.82) is 0 Å². The zero-order valence-electron chi connectivity index (χ0n) is 12.8. The molecule has 3 N–H and O–H groups in total. The molecule has 0 saturated heterocycles.